The summed E-state index contributed by atoms with van der Waals surface area (Å²) >= 11 is 0. The van der Waals surface area contributed by atoms with Crippen molar-refractivity contribution in [2.75, 3.05) is 5.32 Å². The molecule has 2 aromatic heterocycles. The molecule has 0 aliphatic carbocycles. The van der Waals surface area contributed by atoms with Gasteiger partial charge in [0.2, 0.25) is 0 Å². The van der Waals surface area contributed by atoms with Gasteiger partial charge < -0.3 is 5.32 Å². The number of ketones is 1. The zero-order chi connectivity index (χ0) is 16.9. The van der Waals surface area contributed by atoms with Crippen molar-refractivity contribution in [3.05, 3.63) is 78.1 Å². The van der Waals surface area contributed by atoms with Crippen LogP contribution in [0.4, 0.5) is 5.69 Å². The summed E-state index contributed by atoms with van der Waals surface area (Å²) in [5.41, 5.74) is 3.14. The van der Waals surface area contributed by atoms with Gasteiger partial charge in [-0.15, -0.1) is 0 Å². The van der Waals surface area contributed by atoms with E-state index in [1.54, 1.807) is 42.6 Å². The average molecular weight is 317 g/mol. The third-order valence-electron chi connectivity index (χ3n) is 3.50. The molecular formula is C19H15N3O2. The first-order valence-electron chi connectivity index (χ1n) is 7.43. The lowest BCUT2D eigenvalue weighted by molar-refractivity contribution is 0.101. The first-order chi connectivity index (χ1) is 11.6. The lowest BCUT2D eigenvalue weighted by atomic mass is 10.1. The molecule has 0 unspecified atom stereocenters. The lowest BCUT2D eigenvalue weighted by Crippen LogP contribution is -2.12. The van der Waals surface area contributed by atoms with E-state index in [1.165, 1.54) is 13.1 Å². The zero-order valence-electron chi connectivity index (χ0n) is 13.1. The molecule has 118 valence electrons. The van der Waals surface area contributed by atoms with Crippen molar-refractivity contribution >= 4 is 17.4 Å². The number of rotatable bonds is 4. The summed E-state index contributed by atoms with van der Waals surface area (Å²) < 4.78 is 0. The monoisotopic (exact) mass is 317 g/mol. The van der Waals surface area contributed by atoms with Crippen LogP contribution >= 0.6 is 0 Å². The summed E-state index contributed by atoms with van der Waals surface area (Å²) in [6, 6.07) is 15.8. The van der Waals surface area contributed by atoms with Crippen molar-refractivity contribution < 1.29 is 9.59 Å². The number of nitrogens with one attached hydrogen (secondary N) is 1. The number of amides is 1. The third-order valence-corrected chi connectivity index (χ3v) is 3.50. The van der Waals surface area contributed by atoms with Crippen LogP contribution in [-0.2, 0) is 0 Å². The van der Waals surface area contributed by atoms with Crippen molar-refractivity contribution in [3.8, 4) is 11.4 Å². The van der Waals surface area contributed by atoms with E-state index >= 15 is 0 Å². The number of carbonyl (C=O) groups excluding carboxylic acids is 2. The Morgan fingerprint density at radius 1 is 0.833 bits per heavy atom. The summed E-state index contributed by atoms with van der Waals surface area (Å²) in [4.78, 5) is 32.0. The summed E-state index contributed by atoms with van der Waals surface area (Å²) in [6.45, 7) is 1.50. The molecule has 0 spiro atoms. The van der Waals surface area contributed by atoms with Gasteiger partial charge in [-0.3, -0.25) is 19.6 Å². The standard InChI is InChI=1S/C19H15N3O2/c1-13(23)14-5-8-16(9-6-14)22-19(24)15-7-10-18(21-12-15)17-4-2-3-11-20-17/h2-12H,1H3,(H,22,24). The summed E-state index contributed by atoms with van der Waals surface area (Å²) in [7, 11) is 0. The maximum absolute atomic E-state index is 12.2. The minimum atomic E-state index is -0.259. The van der Waals surface area contributed by atoms with Gasteiger partial charge in [0.25, 0.3) is 5.91 Å². The summed E-state index contributed by atoms with van der Waals surface area (Å²) in [5, 5.41) is 2.78. The molecule has 0 saturated heterocycles. The highest BCUT2D eigenvalue weighted by molar-refractivity contribution is 6.04. The number of anilines is 1. The van der Waals surface area contributed by atoms with Crippen LogP contribution in [-0.4, -0.2) is 21.7 Å². The van der Waals surface area contributed by atoms with Gasteiger partial charge in [0.15, 0.2) is 5.78 Å². The van der Waals surface area contributed by atoms with E-state index in [9.17, 15) is 9.59 Å². The first-order valence-corrected chi connectivity index (χ1v) is 7.43. The van der Waals surface area contributed by atoms with Crippen LogP contribution in [0.2, 0.25) is 0 Å². The Bertz CT molecular complexity index is 857. The SMILES string of the molecule is CC(=O)c1ccc(NC(=O)c2ccc(-c3ccccn3)nc2)cc1. The number of aromatic nitrogens is 2. The first kappa shape index (κ1) is 15.6. The molecule has 0 atom stereocenters. The Morgan fingerprint density at radius 2 is 1.54 bits per heavy atom. The number of carbonyl (C=O) groups is 2. The van der Waals surface area contributed by atoms with Crippen LogP contribution in [0, 0.1) is 0 Å². The average Bonchev–Trinajstić information content (AvgIpc) is 2.63. The highest BCUT2D eigenvalue weighted by Crippen LogP contribution is 2.15. The smallest absolute Gasteiger partial charge is 0.257 e. The number of hydrogen-bond acceptors (Lipinski definition) is 4. The molecule has 5 heteroatoms. The Labute approximate surface area is 139 Å². The molecule has 0 aliphatic heterocycles. The predicted molar refractivity (Wildman–Crippen MR) is 91.9 cm³/mol. The van der Waals surface area contributed by atoms with Crippen LogP contribution in [0.15, 0.2) is 67.0 Å². The van der Waals surface area contributed by atoms with Gasteiger partial charge in [-0.2, -0.15) is 0 Å². The topological polar surface area (TPSA) is 72.0 Å². The summed E-state index contributed by atoms with van der Waals surface area (Å²) in [5.74, 6) is -0.271. The molecule has 1 amide bonds. The van der Waals surface area contributed by atoms with Crippen molar-refractivity contribution in [1.82, 2.24) is 9.97 Å². The predicted octanol–water partition coefficient (Wildman–Crippen LogP) is 3.60. The molecule has 0 fully saturated rings. The van der Waals surface area contributed by atoms with Gasteiger partial charge >= 0.3 is 0 Å². The fourth-order valence-electron chi connectivity index (χ4n) is 2.19. The number of Topliss-reactive ketones (excluding diaryl/α,β-unsaturated/α-hetero) is 1. The highest BCUT2D eigenvalue weighted by Gasteiger charge is 2.08. The number of benzene rings is 1. The molecule has 0 saturated carbocycles. The summed E-state index contributed by atoms with van der Waals surface area (Å²) in [6.07, 6.45) is 3.21. The maximum Gasteiger partial charge on any atom is 0.257 e. The van der Waals surface area contributed by atoms with Crippen LogP contribution in [0.5, 0.6) is 0 Å². The fourth-order valence-corrected chi connectivity index (χ4v) is 2.19. The Balaban J connectivity index is 1.72. The molecule has 1 aromatic carbocycles. The van der Waals surface area contributed by atoms with Gasteiger partial charge in [-0.25, -0.2) is 0 Å². The molecule has 2 heterocycles. The fraction of sp³-hybridized carbons (Fsp3) is 0.0526. The van der Waals surface area contributed by atoms with Gasteiger partial charge in [0.05, 0.1) is 17.0 Å². The van der Waals surface area contributed by atoms with Gasteiger partial charge in [-0.1, -0.05) is 6.07 Å². The molecule has 0 radical (unpaired) electrons. The largest absolute Gasteiger partial charge is 0.322 e. The third kappa shape index (κ3) is 3.52. The Morgan fingerprint density at radius 3 is 2.12 bits per heavy atom. The molecule has 3 rings (SSSR count). The molecule has 1 N–H and O–H groups in total. The Kier molecular flexibility index (Phi) is 4.43. The Hall–Kier alpha value is -3.34. The highest BCUT2D eigenvalue weighted by atomic mass is 16.1. The van der Waals surface area contributed by atoms with Crippen molar-refractivity contribution in [1.29, 1.82) is 0 Å². The second-order valence-electron chi connectivity index (χ2n) is 5.23. The number of pyridine rings is 2. The van der Waals surface area contributed by atoms with Crippen LogP contribution in [0.1, 0.15) is 27.6 Å². The van der Waals surface area contributed by atoms with Gasteiger partial charge in [0, 0.05) is 23.6 Å². The second-order valence-corrected chi connectivity index (χ2v) is 5.23. The van der Waals surface area contributed by atoms with Crippen LogP contribution in [0.25, 0.3) is 11.4 Å². The molecule has 0 bridgehead atoms. The van der Waals surface area contributed by atoms with E-state index in [-0.39, 0.29) is 11.7 Å². The van der Waals surface area contributed by atoms with E-state index in [1.807, 2.05) is 18.2 Å². The quantitative estimate of drug-likeness (QED) is 0.746. The number of hydrogen-bond donors (Lipinski definition) is 1. The van der Waals surface area contributed by atoms with Crippen molar-refractivity contribution in [3.63, 3.8) is 0 Å². The molecule has 3 aromatic rings. The van der Waals surface area contributed by atoms with Crippen molar-refractivity contribution in [2.45, 2.75) is 6.92 Å². The second kappa shape index (κ2) is 6.83. The van der Waals surface area contributed by atoms with Crippen molar-refractivity contribution in [2.24, 2.45) is 0 Å². The minimum absolute atomic E-state index is 0.0119. The van der Waals surface area contributed by atoms with Gasteiger partial charge in [-0.05, 0) is 55.5 Å². The zero-order valence-corrected chi connectivity index (χ0v) is 13.1. The molecule has 24 heavy (non-hydrogen) atoms. The minimum Gasteiger partial charge on any atom is -0.322 e. The van der Waals surface area contributed by atoms with E-state index in [4.69, 9.17) is 0 Å². The number of nitrogens with zero attached hydrogens (tertiary/aromatic N) is 2. The molecular weight excluding hydrogens is 302 g/mol. The lowest BCUT2D eigenvalue weighted by Gasteiger charge is -2.06. The maximum atomic E-state index is 12.2. The van der Waals surface area contributed by atoms with Crippen LogP contribution in [0.3, 0.4) is 0 Å². The van der Waals surface area contributed by atoms with E-state index < -0.39 is 0 Å². The van der Waals surface area contributed by atoms with Gasteiger partial charge in [0.1, 0.15) is 0 Å². The van der Waals surface area contributed by atoms with E-state index in [0.717, 1.165) is 5.69 Å². The van der Waals surface area contributed by atoms with E-state index in [2.05, 4.69) is 15.3 Å². The molecule has 0 aliphatic rings. The van der Waals surface area contributed by atoms with Crippen LogP contribution < -0.4 is 5.32 Å². The molecule has 5 nitrogen and oxygen atoms in total. The van der Waals surface area contributed by atoms with E-state index in [0.29, 0.717) is 22.5 Å². The normalized spacial score (nSPS) is 10.2.